The molecule has 3 nitrogen and oxygen atoms in total. The quantitative estimate of drug-likeness (QED) is 0.148. The molecule has 0 bridgehead atoms. The summed E-state index contributed by atoms with van der Waals surface area (Å²) in [6, 6.07) is 95.5. The number of aromatic nitrogens is 2. The number of thiophene rings is 1. The van der Waals surface area contributed by atoms with Gasteiger partial charge >= 0.3 is 0 Å². The Morgan fingerprint density at radius 3 is 1.47 bits per heavy atom. The number of rotatable bonds is 8. The van der Waals surface area contributed by atoms with Crippen molar-refractivity contribution in [2.24, 2.45) is 0 Å². The summed E-state index contributed by atoms with van der Waals surface area (Å²) in [4.78, 5) is 2.48. The Morgan fingerprint density at radius 2 is 0.757 bits per heavy atom. The van der Waals surface area contributed by atoms with E-state index < -0.39 is 0 Å². The van der Waals surface area contributed by atoms with Crippen LogP contribution in [0.15, 0.2) is 261 Å². The largest absolute Gasteiger partial charge is 0.310 e. The van der Waals surface area contributed by atoms with Gasteiger partial charge in [0.2, 0.25) is 0 Å². The Balaban J connectivity index is 0.961. The van der Waals surface area contributed by atoms with Crippen LogP contribution in [0.25, 0.3) is 109 Å². The molecule has 328 valence electrons. The summed E-state index contributed by atoms with van der Waals surface area (Å²) in [5.41, 5.74) is 17.5. The van der Waals surface area contributed by atoms with Gasteiger partial charge in [0.25, 0.3) is 0 Å². The average molecular weight is 910 g/mol. The first-order valence-corrected chi connectivity index (χ1v) is 24.7. The van der Waals surface area contributed by atoms with Crippen LogP contribution in [0.3, 0.4) is 0 Å². The van der Waals surface area contributed by atoms with Crippen molar-refractivity contribution in [3.63, 3.8) is 0 Å². The summed E-state index contributed by atoms with van der Waals surface area (Å²) in [7, 11) is 0. The van der Waals surface area contributed by atoms with E-state index in [1.54, 1.807) is 0 Å². The van der Waals surface area contributed by atoms with E-state index in [1.807, 2.05) is 11.3 Å². The van der Waals surface area contributed by atoms with E-state index in [0.29, 0.717) is 0 Å². The molecule has 3 heterocycles. The van der Waals surface area contributed by atoms with Crippen LogP contribution >= 0.6 is 11.3 Å². The van der Waals surface area contributed by atoms with Crippen LogP contribution in [0.2, 0.25) is 0 Å². The van der Waals surface area contributed by atoms with Gasteiger partial charge in [0.05, 0.1) is 27.8 Å². The van der Waals surface area contributed by atoms with Crippen LogP contribution in [0, 0.1) is 0 Å². The second-order valence-electron chi connectivity index (χ2n) is 18.1. The molecule has 0 aliphatic heterocycles. The number of hydrogen-bond acceptors (Lipinski definition) is 2. The molecule has 0 atom stereocenters. The molecule has 0 unspecified atom stereocenters. The molecule has 70 heavy (non-hydrogen) atoms. The van der Waals surface area contributed by atoms with Gasteiger partial charge in [-0.2, -0.15) is 0 Å². The topological polar surface area (TPSA) is 13.1 Å². The first-order chi connectivity index (χ1) is 34.7. The second-order valence-corrected chi connectivity index (χ2v) is 19.2. The minimum Gasteiger partial charge on any atom is -0.310 e. The summed E-state index contributed by atoms with van der Waals surface area (Å²) in [6.07, 6.45) is 0. The smallest absolute Gasteiger partial charge is 0.0561 e. The fourth-order valence-corrected chi connectivity index (χ4v) is 12.0. The molecule has 11 aromatic carbocycles. The zero-order chi connectivity index (χ0) is 46.1. The van der Waals surface area contributed by atoms with Crippen molar-refractivity contribution in [2.75, 3.05) is 4.90 Å². The summed E-state index contributed by atoms with van der Waals surface area (Å²) in [5, 5.41) is 7.45. The van der Waals surface area contributed by atoms with Gasteiger partial charge in [-0.25, -0.2) is 0 Å². The van der Waals surface area contributed by atoms with E-state index in [4.69, 9.17) is 0 Å². The van der Waals surface area contributed by atoms with Gasteiger partial charge in [0.1, 0.15) is 0 Å². The lowest BCUT2D eigenvalue weighted by atomic mass is 10.00. The van der Waals surface area contributed by atoms with Gasteiger partial charge in [-0.05, 0) is 124 Å². The van der Waals surface area contributed by atoms with Crippen LogP contribution in [-0.2, 0) is 0 Å². The van der Waals surface area contributed by atoms with E-state index in [9.17, 15) is 0 Å². The van der Waals surface area contributed by atoms with E-state index in [0.717, 1.165) is 28.4 Å². The van der Waals surface area contributed by atoms with Crippen molar-refractivity contribution in [1.82, 2.24) is 9.13 Å². The standard InChI is InChI=1S/C66H43N3S/c1-4-16-44(17-5-1)46-30-34-51(35-31-46)69-60-27-13-10-24-54(60)56-37-32-49(42-62(56)69)48-33-39-64-58(41-48)66-61(28-15-29-65(66)70-64)67(52-23-14-20-47(40-52)45-18-6-2-7-19-45)53-36-38-57-55-25-11-12-26-59(55)68(63(57)43-53)50-21-8-3-9-22-50/h1-43H. The Kier molecular flexibility index (Phi) is 9.39. The highest BCUT2D eigenvalue weighted by Gasteiger charge is 2.22. The molecule has 0 radical (unpaired) electrons. The Labute approximate surface area is 409 Å². The van der Waals surface area contributed by atoms with Crippen molar-refractivity contribution in [1.29, 1.82) is 0 Å². The van der Waals surface area contributed by atoms with Gasteiger partial charge in [-0.3, -0.25) is 0 Å². The van der Waals surface area contributed by atoms with E-state index in [1.165, 1.54) is 97.2 Å². The van der Waals surface area contributed by atoms with Crippen LogP contribution in [0.4, 0.5) is 17.1 Å². The molecule has 14 rings (SSSR count). The third kappa shape index (κ3) is 6.57. The van der Waals surface area contributed by atoms with Crippen molar-refractivity contribution in [3.05, 3.63) is 261 Å². The van der Waals surface area contributed by atoms with Gasteiger partial charge in [0.15, 0.2) is 0 Å². The van der Waals surface area contributed by atoms with Crippen molar-refractivity contribution >= 4 is 92.2 Å². The molecule has 0 amide bonds. The van der Waals surface area contributed by atoms with Crippen LogP contribution in [0.5, 0.6) is 0 Å². The average Bonchev–Trinajstić information content (AvgIpc) is 4.09. The number of fused-ring (bicyclic) bond motifs is 9. The molecule has 0 N–H and O–H groups in total. The molecule has 14 aromatic rings. The molecule has 0 aliphatic carbocycles. The summed E-state index contributed by atoms with van der Waals surface area (Å²) < 4.78 is 7.35. The SMILES string of the molecule is c1ccc(-c2ccc(-n3c4ccccc4c4ccc(-c5ccc6sc7cccc(N(c8cccc(-c9ccccc9)c8)c8ccc9c%10ccccc%10n(-c%10ccccc%10)c9c8)c7c6c5)cc43)cc2)cc1. The lowest BCUT2D eigenvalue weighted by Gasteiger charge is -2.27. The maximum Gasteiger partial charge on any atom is 0.0561 e. The fourth-order valence-electron chi connectivity index (χ4n) is 10.9. The minimum atomic E-state index is 1.09. The first kappa shape index (κ1) is 40.1. The zero-order valence-corrected chi connectivity index (χ0v) is 38.9. The monoisotopic (exact) mass is 909 g/mol. The highest BCUT2D eigenvalue weighted by Crippen LogP contribution is 2.48. The predicted octanol–water partition coefficient (Wildman–Crippen LogP) is 18.7. The normalized spacial score (nSPS) is 11.7. The molecule has 3 aromatic heterocycles. The van der Waals surface area contributed by atoms with Crippen LogP contribution in [-0.4, -0.2) is 9.13 Å². The lowest BCUT2D eigenvalue weighted by molar-refractivity contribution is 1.18. The van der Waals surface area contributed by atoms with E-state index >= 15 is 0 Å². The van der Waals surface area contributed by atoms with Crippen molar-refractivity contribution < 1.29 is 0 Å². The first-order valence-electron chi connectivity index (χ1n) is 23.9. The summed E-state index contributed by atoms with van der Waals surface area (Å²) in [5.74, 6) is 0. The third-order valence-corrected chi connectivity index (χ3v) is 15.2. The second kappa shape index (κ2) is 16.4. The van der Waals surface area contributed by atoms with Crippen molar-refractivity contribution in [2.45, 2.75) is 0 Å². The van der Waals surface area contributed by atoms with E-state index in [2.05, 4.69) is 275 Å². The number of nitrogens with zero attached hydrogens (tertiary/aromatic N) is 3. The molecule has 0 aliphatic rings. The fraction of sp³-hybridized carbons (Fsp3) is 0. The van der Waals surface area contributed by atoms with E-state index in [-0.39, 0.29) is 0 Å². The van der Waals surface area contributed by atoms with Crippen molar-refractivity contribution in [3.8, 4) is 44.8 Å². The summed E-state index contributed by atoms with van der Waals surface area (Å²) >= 11 is 1.86. The Morgan fingerprint density at radius 1 is 0.271 bits per heavy atom. The highest BCUT2D eigenvalue weighted by molar-refractivity contribution is 7.26. The highest BCUT2D eigenvalue weighted by atomic mass is 32.1. The predicted molar refractivity (Wildman–Crippen MR) is 299 cm³/mol. The number of anilines is 3. The summed E-state index contributed by atoms with van der Waals surface area (Å²) in [6.45, 7) is 0. The zero-order valence-electron chi connectivity index (χ0n) is 38.1. The van der Waals surface area contributed by atoms with Gasteiger partial charge < -0.3 is 14.0 Å². The molecule has 0 saturated heterocycles. The number of hydrogen-bond donors (Lipinski definition) is 0. The molecule has 0 saturated carbocycles. The van der Waals surface area contributed by atoms with Crippen LogP contribution < -0.4 is 4.90 Å². The minimum absolute atomic E-state index is 1.09. The Hall–Kier alpha value is -8.96. The number of benzene rings is 11. The lowest BCUT2D eigenvalue weighted by Crippen LogP contribution is -2.10. The van der Waals surface area contributed by atoms with Crippen LogP contribution in [0.1, 0.15) is 0 Å². The van der Waals surface area contributed by atoms with Gasteiger partial charge in [-0.15, -0.1) is 11.3 Å². The molecular formula is C66H43N3S. The maximum atomic E-state index is 2.48. The molecule has 0 spiro atoms. The third-order valence-electron chi connectivity index (χ3n) is 14.1. The van der Waals surface area contributed by atoms with Gasteiger partial charge in [-0.1, -0.05) is 170 Å². The molecule has 4 heteroatoms. The Bertz CT molecular complexity index is 4280. The maximum absolute atomic E-state index is 2.48. The van der Waals surface area contributed by atoms with Gasteiger partial charge in [0, 0.05) is 64.5 Å². The molecule has 0 fully saturated rings. The number of para-hydroxylation sites is 3. The molecular weight excluding hydrogens is 867 g/mol.